The third-order valence-electron chi connectivity index (χ3n) is 2.55. The molecule has 23 heavy (non-hydrogen) atoms. The number of allylic oxidation sites excluding steroid dienone is 1. The Kier molecular flexibility index (Phi) is 6.97. The minimum atomic E-state index is -4.99. The van der Waals surface area contributed by atoms with Gasteiger partial charge in [-0.1, -0.05) is 0 Å². The van der Waals surface area contributed by atoms with Crippen molar-refractivity contribution in [1.82, 2.24) is 0 Å². The summed E-state index contributed by atoms with van der Waals surface area (Å²) in [7, 11) is 0. The summed E-state index contributed by atoms with van der Waals surface area (Å²) in [4.78, 5) is 21.3. The van der Waals surface area contributed by atoms with Gasteiger partial charge in [-0.05, 0) is 5.57 Å². The molecule has 0 unspecified atom stereocenters. The minimum absolute atomic E-state index is 1.57. The van der Waals surface area contributed by atoms with E-state index in [1.807, 2.05) is 0 Å². The van der Waals surface area contributed by atoms with Crippen molar-refractivity contribution < 1.29 is 54.9 Å². The fourth-order valence-corrected chi connectivity index (χ4v) is 1.50. The molecule has 0 saturated carbocycles. The molecule has 134 valence electrons. The van der Waals surface area contributed by atoms with Gasteiger partial charge in [-0.25, -0.2) is 22.4 Å². The van der Waals surface area contributed by atoms with Crippen LogP contribution in [0, 0.1) is 0 Å². The van der Waals surface area contributed by atoms with Crippen molar-refractivity contribution in [2.24, 2.45) is 0 Å². The summed E-state index contributed by atoms with van der Waals surface area (Å²) in [5, 5.41) is 17.1. The minimum Gasteiger partial charge on any atom is -0.481 e. The lowest BCUT2D eigenvalue weighted by molar-refractivity contribution is -0.143. The Hall–Kier alpha value is -1.88. The molecule has 0 aliphatic heterocycles. The number of alkyl halides is 8. The molecule has 0 bridgehead atoms. The van der Waals surface area contributed by atoms with E-state index >= 15 is 0 Å². The first-order chi connectivity index (χ1) is 10.2. The lowest BCUT2D eigenvalue weighted by Gasteiger charge is -2.22. The Bertz CT molecular complexity index is 462. The Morgan fingerprint density at radius 2 is 1.17 bits per heavy atom. The van der Waals surface area contributed by atoms with Crippen LogP contribution in [0.2, 0.25) is 0 Å². The number of rotatable bonds is 9. The van der Waals surface area contributed by atoms with Crippen molar-refractivity contribution in [3.8, 4) is 0 Å². The van der Waals surface area contributed by atoms with E-state index in [9.17, 15) is 44.7 Å². The van der Waals surface area contributed by atoms with Gasteiger partial charge >= 0.3 is 36.6 Å². The van der Waals surface area contributed by atoms with Crippen molar-refractivity contribution in [2.45, 2.75) is 44.0 Å². The van der Waals surface area contributed by atoms with E-state index in [4.69, 9.17) is 10.2 Å². The molecule has 0 rings (SSSR count). The third kappa shape index (κ3) is 6.40. The number of carbonyl (C=O) groups is 2. The number of carboxylic acids is 2. The fraction of sp³-hybridized carbons (Fsp3) is 0.636. The molecule has 4 nitrogen and oxygen atoms in total. The average Bonchev–Trinajstić information content (AvgIpc) is 2.33. The van der Waals surface area contributed by atoms with Crippen molar-refractivity contribution >= 4 is 11.9 Å². The molecule has 0 aromatic carbocycles. The standard InChI is InChI=1S/C11H10F8O4/c12-8(13)10(16,17)2-4(3-11(18,19)9(14)15)5(7(22)23)1-6(20)21/h8-9H,1-3H2,(H,20,21)(H,22,23). The van der Waals surface area contributed by atoms with Crippen molar-refractivity contribution in [3.63, 3.8) is 0 Å². The maximum atomic E-state index is 13.0. The second-order valence-corrected chi connectivity index (χ2v) is 4.43. The second kappa shape index (κ2) is 7.59. The van der Waals surface area contributed by atoms with E-state index in [0.717, 1.165) is 0 Å². The second-order valence-electron chi connectivity index (χ2n) is 4.43. The summed E-state index contributed by atoms with van der Waals surface area (Å²) < 4.78 is 100. The lowest BCUT2D eigenvalue weighted by atomic mass is 9.93. The molecule has 0 heterocycles. The van der Waals surface area contributed by atoms with Crippen LogP contribution in [0.4, 0.5) is 35.1 Å². The van der Waals surface area contributed by atoms with Crippen LogP contribution in [0.3, 0.4) is 0 Å². The zero-order chi connectivity index (χ0) is 18.6. The van der Waals surface area contributed by atoms with Crippen LogP contribution in [-0.4, -0.2) is 46.8 Å². The molecule has 0 saturated heterocycles. The number of halogens is 8. The van der Waals surface area contributed by atoms with Crippen LogP contribution >= 0.6 is 0 Å². The summed E-state index contributed by atoms with van der Waals surface area (Å²) in [6.45, 7) is 0. The van der Waals surface area contributed by atoms with Crippen LogP contribution in [0.1, 0.15) is 19.3 Å². The average molecular weight is 358 g/mol. The van der Waals surface area contributed by atoms with Crippen LogP contribution in [0.5, 0.6) is 0 Å². The Balaban J connectivity index is 5.95. The third-order valence-corrected chi connectivity index (χ3v) is 2.55. The van der Waals surface area contributed by atoms with Crippen LogP contribution in [-0.2, 0) is 9.59 Å². The zero-order valence-corrected chi connectivity index (χ0v) is 11.0. The van der Waals surface area contributed by atoms with Crippen molar-refractivity contribution in [3.05, 3.63) is 11.1 Å². The Morgan fingerprint density at radius 3 is 1.39 bits per heavy atom. The molecule has 0 spiro atoms. The molecule has 0 fully saturated rings. The molecule has 0 atom stereocenters. The number of hydrogen-bond donors (Lipinski definition) is 2. The van der Waals surface area contributed by atoms with Gasteiger partial charge in [0.05, 0.1) is 6.42 Å². The first-order valence-corrected chi connectivity index (χ1v) is 5.68. The van der Waals surface area contributed by atoms with E-state index in [-0.39, 0.29) is 0 Å². The van der Waals surface area contributed by atoms with Gasteiger partial charge in [-0.3, -0.25) is 4.79 Å². The first-order valence-electron chi connectivity index (χ1n) is 5.68. The van der Waals surface area contributed by atoms with E-state index in [1.165, 1.54) is 0 Å². The molecular formula is C11H10F8O4. The summed E-state index contributed by atoms with van der Waals surface area (Å²) >= 11 is 0. The van der Waals surface area contributed by atoms with Crippen LogP contribution in [0.25, 0.3) is 0 Å². The van der Waals surface area contributed by atoms with Gasteiger partial charge in [0.1, 0.15) is 0 Å². The molecule has 0 amide bonds. The molecule has 0 aliphatic carbocycles. The van der Waals surface area contributed by atoms with Crippen LogP contribution in [0.15, 0.2) is 11.1 Å². The van der Waals surface area contributed by atoms with E-state index in [2.05, 4.69) is 0 Å². The highest BCUT2D eigenvalue weighted by atomic mass is 19.3. The van der Waals surface area contributed by atoms with Gasteiger partial charge in [-0.2, -0.15) is 17.6 Å². The predicted octanol–water partition coefficient (Wildman–Crippen LogP) is 3.42. The number of aliphatic carboxylic acids is 2. The van der Waals surface area contributed by atoms with E-state index in [1.54, 1.807) is 0 Å². The lowest BCUT2D eigenvalue weighted by Crippen LogP contribution is -2.32. The smallest absolute Gasteiger partial charge is 0.332 e. The predicted molar refractivity (Wildman–Crippen MR) is 58.1 cm³/mol. The Labute approximate surface area is 123 Å². The molecule has 12 heteroatoms. The van der Waals surface area contributed by atoms with E-state index < -0.39 is 67.0 Å². The zero-order valence-electron chi connectivity index (χ0n) is 11.0. The fourth-order valence-electron chi connectivity index (χ4n) is 1.50. The highest BCUT2D eigenvalue weighted by Crippen LogP contribution is 2.38. The van der Waals surface area contributed by atoms with E-state index in [0.29, 0.717) is 0 Å². The van der Waals surface area contributed by atoms with Gasteiger partial charge in [0.15, 0.2) is 0 Å². The monoisotopic (exact) mass is 358 g/mol. The number of hydrogen-bond acceptors (Lipinski definition) is 2. The molecule has 0 aromatic rings. The van der Waals surface area contributed by atoms with Gasteiger partial charge in [0.2, 0.25) is 0 Å². The number of carboxylic acid groups (broad SMARTS) is 2. The largest absolute Gasteiger partial charge is 0.481 e. The topological polar surface area (TPSA) is 74.6 Å². The van der Waals surface area contributed by atoms with Crippen LogP contribution < -0.4 is 0 Å². The van der Waals surface area contributed by atoms with Gasteiger partial charge < -0.3 is 10.2 Å². The van der Waals surface area contributed by atoms with Gasteiger partial charge in [-0.15, -0.1) is 0 Å². The maximum Gasteiger partial charge on any atom is 0.332 e. The summed E-state index contributed by atoms with van der Waals surface area (Å²) in [6, 6.07) is 0. The first kappa shape index (κ1) is 21.1. The molecular weight excluding hydrogens is 348 g/mol. The quantitative estimate of drug-likeness (QED) is 0.489. The highest BCUT2D eigenvalue weighted by Gasteiger charge is 2.47. The van der Waals surface area contributed by atoms with Crippen molar-refractivity contribution in [2.75, 3.05) is 0 Å². The molecule has 0 radical (unpaired) electrons. The molecule has 0 aliphatic rings. The molecule has 2 N–H and O–H groups in total. The Morgan fingerprint density at radius 1 is 0.826 bits per heavy atom. The van der Waals surface area contributed by atoms with Crippen molar-refractivity contribution in [1.29, 1.82) is 0 Å². The summed E-state index contributed by atoms with van der Waals surface area (Å²) in [5.74, 6) is -14.2. The molecule has 0 aromatic heterocycles. The highest BCUT2D eigenvalue weighted by molar-refractivity contribution is 5.93. The summed E-state index contributed by atoms with van der Waals surface area (Å²) in [5.41, 5.74) is -3.26. The van der Waals surface area contributed by atoms with Gasteiger partial charge in [0, 0.05) is 18.4 Å². The van der Waals surface area contributed by atoms with Gasteiger partial charge in [0.25, 0.3) is 0 Å². The normalized spacial score (nSPS) is 12.6. The summed E-state index contributed by atoms with van der Waals surface area (Å²) in [6.07, 6.45) is -14.9. The SMILES string of the molecule is O=C(O)CC(C(=O)O)=C(CC(F)(F)C(F)F)CC(F)(F)C(F)F. The maximum absolute atomic E-state index is 13.0.